The number of hydrogen-bond acceptors (Lipinski definition) is 4. The quantitative estimate of drug-likeness (QED) is 0.759. The van der Waals surface area contributed by atoms with Gasteiger partial charge in [-0.25, -0.2) is 0 Å². The summed E-state index contributed by atoms with van der Waals surface area (Å²) in [5.74, 6) is 0.412. The second-order valence-corrected chi connectivity index (χ2v) is 6.76. The number of hydrogen-bond donors (Lipinski definition) is 0. The maximum absolute atomic E-state index is 12.8. The number of benzene rings is 2. The highest BCUT2D eigenvalue weighted by atomic mass is 19.4. The van der Waals surface area contributed by atoms with Crippen LogP contribution in [0.4, 0.5) is 13.2 Å². The molecule has 0 radical (unpaired) electrons. The Labute approximate surface area is 171 Å². The average molecular weight is 422 g/mol. The third-order valence-electron chi connectivity index (χ3n) is 4.91. The van der Waals surface area contributed by atoms with E-state index in [4.69, 9.17) is 9.47 Å². The van der Waals surface area contributed by atoms with E-state index in [-0.39, 0.29) is 30.5 Å². The topological polar surface area (TPSA) is 59.1 Å². The third kappa shape index (κ3) is 4.67. The van der Waals surface area contributed by atoms with E-state index in [1.54, 1.807) is 23.1 Å². The molecular weight excluding hydrogens is 401 g/mol. The highest BCUT2D eigenvalue weighted by molar-refractivity contribution is 5.96. The zero-order chi connectivity index (χ0) is 21.9. The van der Waals surface area contributed by atoms with Gasteiger partial charge in [0.05, 0.1) is 19.8 Å². The number of nitrogens with zero attached hydrogens (tertiary/aromatic N) is 2. The fourth-order valence-electron chi connectivity index (χ4n) is 3.21. The maximum atomic E-state index is 12.8. The second-order valence-electron chi connectivity index (χ2n) is 6.76. The van der Waals surface area contributed by atoms with Gasteiger partial charge in [-0.15, -0.1) is 0 Å². The van der Waals surface area contributed by atoms with Crippen molar-refractivity contribution in [3.63, 3.8) is 0 Å². The minimum absolute atomic E-state index is 0.181. The monoisotopic (exact) mass is 422 g/mol. The van der Waals surface area contributed by atoms with Crippen LogP contribution in [0.15, 0.2) is 42.5 Å². The number of rotatable bonds is 4. The van der Waals surface area contributed by atoms with Crippen molar-refractivity contribution in [2.24, 2.45) is 0 Å². The van der Waals surface area contributed by atoms with Crippen LogP contribution in [0.3, 0.4) is 0 Å². The average Bonchev–Trinajstić information content (AvgIpc) is 2.77. The summed E-state index contributed by atoms with van der Waals surface area (Å²) >= 11 is 0. The molecule has 2 amide bonds. The van der Waals surface area contributed by atoms with Crippen LogP contribution in [0.2, 0.25) is 0 Å². The molecule has 0 unspecified atom stereocenters. The molecular formula is C21H21F3N2O4. The molecule has 0 bridgehead atoms. The lowest BCUT2D eigenvalue weighted by Crippen LogP contribution is -2.50. The summed E-state index contributed by atoms with van der Waals surface area (Å²) in [7, 11) is 2.99. The first-order chi connectivity index (χ1) is 14.2. The largest absolute Gasteiger partial charge is 0.497 e. The van der Waals surface area contributed by atoms with E-state index >= 15 is 0 Å². The van der Waals surface area contributed by atoms with Crippen molar-refractivity contribution in [1.82, 2.24) is 9.80 Å². The van der Waals surface area contributed by atoms with Gasteiger partial charge in [-0.1, -0.05) is 0 Å². The van der Waals surface area contributed by atoms with Gasteiger partial charge in [-0.05, 0) is 36.4 Å². The molecule has 3 rings (SSSR count). The van der Waals surface area contributed by atoms with E-state index in [1.165, 1.54) is 31.3 Å². The minimum atomic E-state index is -4.45. The van der Waals surface area contributed by atoms with E-state index in [0.29, 0.717) is 30.2 Å². The number of ether oxygens (including phenoxy) is 2. The number of halogens is 3. The molecule has 0 aliphatic carbocycles. The van der Waals surface area contributed by atoms with Crippen molar-refractivity contribution in [2.45, 2.75) is 6.18 Å². The molecule has 0 aromatic heterocycles. The highest BCUT2D eigenvalue weighted by Gasteiger charge is 2.31. The molecule has 2 aromatic carbocycles. The zero-order valence-corrected chi connectivity index (χ0v) is 16.5. The van der Waals surface area contributed by atoms with E-state index in [2.05, 4.69) is 0 Å². The van der Waals surface area contributed by atoms with Crippen LogP contribution in [-0.4, -0.2) is 62.0 Å². The molecule has 1 fully saturated rings. The lowest BCUT2D eigenvalue weighted by atomic mass is 10.1. The van der Waals surface area contributed by atoms with Crippen LogP contribution in [0.1, 0.15) is 26.3 Å². The van der Waals surface area contributed by atoms with Gasteiger partial charge in [-0.2, -0.15) is 13.2 Å². The normalized spacial score (nSPS) is 14.4. The van der Waals surface area contributed by atoms with Crippen molar-refractivity contribution in [1.29, 1.82) is 0 Å². The Morgan fingerprint density at radius 1 is 0.767 bits per heavy atom. The Bertz CT molecular complexity index is 899. The maximum Gasteiger partial charge on any atom is 0.416 e. The van der Waals surface area contributed by atoms with Gasteiger partial charge in [0.15, 0.2) is 0 Å². The molecule has 0 spiro atoms. The Morgan fingerprint density at radius 2 is 1.20 bits per heavy atom. The van der Waals surface area contributed by atoms with Crippen molar-refractivity contribution in [3.8, 4) is 11.5 Å². The van der Waals surface area contributed by atoms with Crippen molar-refractivity contribution in [2.75, 3.05) is 40.4 Å². The fourth-order valence-corrected chi connectivity index (χ4v) is 3.21. The summed E-state index contributed by atoms with van der Waals surface area (Å²) in [5, 5.41) is 0. The summed E-state index contributed by atoms with van der Waals surface area (Å²) in [5.41, 5.74) is -0.211. The molecule has 1 heterocycles. The van der Waals surface area contributed by atoms with Gasteiger partial charge in [0.1, 0.15) is 11.5 Å². The molecule has 1 aliphatic rings. The van der Waals surface area contributed by atoms with Crippen LogP contribution in [0.25, 0.3) is 0 Å². The van der Waals surface area contributed by atoms with Gasteiger partial charge in [0.2, 0.25) is 0 Å². The van der Waals surface area contributed by atoms with Gasteiger partial charge >= 0.3 is 6.18 Å². The highest BCUT2D eigenvalue weighted by Crippen LogP contribution is 2.29. The second kappa shape index (κ2) is 8.64. The summed E-state index contributed by atoms with van der Waals surface area (Å²) in [6.07, 6.45) is -4.45. The molecule has 30 heavy (non-hydrogen) atoms. The summed E-state index contributed by atoms with van der Waals surface area (Å²) in [6.45, 7) is 1.19. The summed E-state index contributed by atoms with van der Waals surface area (Å²) in [4.78, 5) is 28.5. The summed E-state index contributed by atoms with van der Waals surface area (Å²) < 4.78 is 48.4. The number of piperazine rings is 1. The first-order valence-electron chi connectivity index (χ1n) is 9.22. The summed E-state index contributed by atoms with van der Waals surface area (Å²) in [6, 6.07) is 9.02. The Hall–Kier alpha value is -3.23. The number of carbonyl (C=O) groups excluding carboxylic acids is 2. The lowest BCUT2D eigenvalue weighted by Gasteiger charge is -2.35. The standard InChI is InChI=1S/C21H21F3N2O4/c1-29-17-11-15(12-18(13-17)30-2)20(28)26-9-7-25(8-10-26)19(27)14-3-5-16(6-4-14)21(22,23)24/h3-6,11-13H,7-10H2,1-2H3. The molecule has 0 N–H and O–H groups in total. The predicted molar refractivity (Wildman–Crippen MR) is 103 cm³/mol. The van der Waals surface area contributed by atoms with E-state index < -0.39 is 11.7 Å². The van der Waals surface area contributed by atoms with Crippen LogP contribution >= 0.6 is 0 Å². The molecule has 160 valence electrons. The lowest BCUT2D eigenvalue weighted by molar-refractivity contribution is -0.137. The SMILES string of the molecule is COc1cc(OC)cc(C(=O)N2CCN(C(=O)c3ccc(C(F)(F)F)cc3)CC2)c1. The third-order valence-corrected chi connectivity index (χ3v) is 4.91. The zero-order valence-electron chi connectivity index (χ0n) is 16.5. The first kappa shape index (κ1) is 21.5. The van der Waals surface area contributed by atoms with Crippen LogP contribution in [0.5, 0.6) is 11.5 Å². The van der Waals surface area contributed by atoms with Gasteiger partial charge < -0.3 is 19.3 Å². The number of methoxy groups -OCH3 is 2. The molecule has 2 aromatic rings. The van der Waals surface area contributed by atoms with E-state index in [1.807, 2.05) is 0 Å². The van der Waals surface area contributed by atoms with Gasteiger partial charge in [-0.3, -0.25) is 9.59 Å². The fraction of sp³-hybridized carbons (Fsp3) is 0.333. The smallest absolute Gasteiger partial charge is 0.416 e. The molecule has 1 aliphatic heterocycles. The molecule has 1 saturated heterocycles. The van der Waals surface area contributed by atoms with E-state index in [0.717, 1.165) is 12.1 Å². The molecule has 9 heteroatoms. The van der Waals surface area contributed by atoms with Crippen LogP contribution in [-0.2, 0) is 6.18 Å². The Balaban J connectivity index is 1.64. The van der Waals surface area contributed by atoms with Crippen molar-refractivity contribution >= 4 is 11.8 Å². The van der Waals surface area contributed by atoms with Crippen LogP contribution in [0, 0.1) is 0 Å². The molecule has 6 nitrogen and oxygen atoms in total. The Kier molecular flexibility index (Phi) is 6.19. The minimum Gasteiger partial charge on any atom is -0.497 e. The first-order valence-corrected chi connectivity index (χ1v) is 9.22. The van der Waals surface area contributed by atoms with Crippen molar-refractivity contribution in [3.05, 3.63) is 59.2 Å². The molecule has 0 saturated carbocycles. The predicted octanol–water partition coefficient (Wildman–Crippen LogP) is 3.32. The van der Waals surface area contributed by atoms with E-state index in [9.17, 15) is 22.8 Å². The number of alkyl halides is 3. The van der Waals surface area contributed by atoms with Gasteiger partial charge in [0.25, 0.3) is 11.8 Å². The number of amides is 2. The van der Waals surface area contributed by atoms with Crippen LogP contribution < -0.4 is 9.47 Å². The number of carbonyl (C=O) groups is 2. The molecule has 0 atom stereocenters. The Morgan fingerprint density at radius 3 is 1.60 bits per heavy atom. The van der Waals surface area contributed by atoms with Gasteiger partial charge in [0, 0.05) is 43.4 Å². The van der Waals surface area contributed by atoms with Crippen molar-refractivity contribution < 1.29 is 32.2 Å².